The number of aromatic nitrogens is 1. The van der Waals surface area contributed by atoms with Crippen molar-refractivity contribution in [2.75, 3.05) is 27.9 Å². The van der Waals surface area contributed by atoms with E-state index in [0.717, 1.165) is 22.4 Å². The van der Waals surface area contributed by atoms with Crippen molar-refractivity contribution in [1.29, 1.82) is 0 Å². The van der Waals surface area contributed by atoms with Crippen LogP contribution in [0.15, 0.2) is 49.8 Å². The van der Waals surface area contributed by atoms with E-state index in [1.165, 1.54) is 18.4 Å². The lowest BCUT2D eigenvalue weighted by Crippen LogP contribution is -2.40. The molecule has 0 amide bonds. The number of thiazole rings is 1. The van der Waals surface area contributed by atoms with Crippen LogP contribution in [0.4, 0.5) is 0 Å². The molecule has 0 unspecified atom stereocenters. The summed E-state index contributed by atoms with van der Waals surface area (Å²) in [5, 5.41) is 0. The second-order valence-corrected chi connectivity index (χ2v) is 11.5. The zero-order valence-electron chi connectivity index (χ0n) is 23.9. The van der Waals surface area contributed by atoms with Crippen molar-refractivity contribution in [1.82, 2.24) is 4.57 Å². The summed E-state index contributed by atoms with van der Waals surface area (Å²) in [7, 11) is 4.75. The number of rotatable bonds is 8. The standard InChI is InChI=1S/C30H33BrN2O6S/c1-9-39-29(35)26-17(5)32-30-33(27(26)20-13-23(37-7)24(38-8)14-21(20)31)28(34)25(40-30)12-18-11-19(15(2)3)22(36-6)10-16(18)4/h10-15,27H,9H2,1-8H3/b25-12+/t27-/m1/s1. The third-order valence-electron chi connectivity index (χ3n) is 6.84. The number of aryl methyl sites for hydroxylation is 1. The number of hydrogen-bond acceptors (Lipinski definition) is 8. The van der Waals surface area contributed by atoms with Gasteiger partial charge in [-0.25, -0.2) is 9.79 Å². The average Bonchev–Trinajstić information content (AvgIpc) is 3.22. The van der Waals surface area contributed by atoms with Gasteiger partial charge in [0.2, 0.25) is 0 Å². The molecule has 0 fully saturated rings. The van der Waals surface area contributed by atoms with Crippen LogP contribution in [-0.4, -0.2) is 38.5 Å². The summed E-state index contributed by atoms with van der Waals surface area (Å²) in [5.74, 6) is 1.51. The summed E-state index contributed by atoms with van der Waals surface area (Å²) in [5.41, 5.74) is 4.11. The van der Waals surface area contributed by atoms with Crippen molar-refractivity contribution >= 4 is 39.3 Å². The van der Waals surface area contributed by atoms with Crippen molar-refractivity contribution in [3.05, 3.63) is 81.9 Å². The number of benzene rings is 2. The highest BCUT2D eigenvalue weighted by atomic mass is 79.9. The van der Waals surface area contributed by atoms with Gasteiger partial charge in [-0.3, -0.25) is 9.36 Å². The van der Waals surface area contributed by atoms with Crippen LogP contribution in [0.2, 0.25) is 0 Å². The number of carbonyl (C=O) groups is 1. The second kappa shape index (κ2) is 12.0. The fraction of sp³-hybridized carbons (Fsp3) is 0.367. The quantitative estimate of drug-likeness (QED) is 0.326. The first kappa shape index (κ1) is 29.6. The number of hydrogen-bond donors (Lipinski definition) is 0. The number of carbonyl (C=O) groups excluding carboxylic acids is 1. The Morgan fingerprint density at radius 1 is 1.07 bits per heavy atom. The second-order valence-electron chi connectivity index (χ2n) is 9.64. The van der Waals surface area contributed by atoms with Crippen LogP contribution in [0.25, 0.3) is 6.08 Å². The number of fused-ring (bicyclic) bond motifs is 1. The normalized spacial score (nSPS) is 15.2. The van der Waals surface area contributed by atoms with Crippen LogP contribution in [0.1, 0.15) is 61.9 Å². The van der Waals surface area contributed by atoms with Gasteiger partial charge in [0, 0.05) is 4.47 Å². The lowest BCUT2D eigenvalue weighted by Gasteiger charge is -2.26. The highest BCUT2D eigenvalue weighted by Crippen LogP contribution is 2.41. The fourth-order valence-electron chi connectivity index (χ4n) is 4.81. The maximum Gasteiger partial charge on any atom is 0.338 e. The molecule has 0 saturated carbocycles. The molecule has 1 aliphatic heterocycles. The molecule has 4 rings (SSSR count). The van der Waals surface area contributed by atoms with Gasteiger partial charge in [-0.05, 0) is 79.3 Å². The van der Waals surface area contributed by atoms with Crippen LogP contribution in [0.3, 0.4) is 0 Å². The number of methoxy groups -OCH3 is 3. The smallest absolute Gasteiger partial charge is 0.338 e. The van der Waals surface area contributed by atoms with Gasteiger partial charge in [0.05, 0.1) is 49.8 Å². The predicted octanol–water partition coefficient (Wildman–Crippen LogP) is 5.02. The number of nitrogens with zero attached hydrogens (tertiary/aromatic N) is 2. The van der Waals surface area contributed by atoms with Gasteiger partial charge < -0.3 is 18.9 Å². The molecule has 1 aliphatic rings. The Hall–Kier alpha value is -3.37. The summed E-state index contributed by atoms with van der Waals surface area (Å²) in [6, 6.07) is 6.79. The molecule has 0 aliphatic carbocycles. The summed E-state index contributed by atoms with van der Waals surface area (Å²) >= 11 is 4.91. The molecule has 1 atom stereocenters. The van der Waals surface area contributed by atoms with Gasteiger partial charge in [0.25, 0.3) is 5.56 Å². The molecule has 2 heterocycles. The molecule has 0 spiro atoms. The molecular formula is C30H33BrN2O6S. The third-order valence-corrected chi connectivity index (χ3v) is 8.51. The lowest BCUT2D eigenvalue weighted by atomic mass is 9.95. The minimum absolute atomic E-state index is 0.189. The summed E-state index contributed by atoms with van der Waals surface area (Å²) < 4.78 is 24.7. The van der Waals surface area contributed by atoms with Crippen LogP contribution >= 0.6 is 27.3 Å². The minimum Gasteiger partial charge on any atom is -0.496 e. The van der Waals surface area contributed by atoms with Gasteiger partial charge in [0.1, 0.15) is 5.75 Å². The molecule has 3 aromatic rings. The topological polar surface area (TPSA) is 88.4 Å². The van der Waals surface area contributed by atoms with E-state index in [2.05, 4.69) is 40.8 Å². The highest BCUT2D eigenvalue weighted by Gasteiger charge is 2.35. The van der Waals surface area contributed by atoms with E-state index in [1.54, 1.807) is 44.8 Å². The molecule has 1 aromatic heterocycles. The Balaban J connectivity index is 2.02. The Morgan fingerprint density at radius 3 is 2.33 bits per heavy atom. The number of esters is 1. The maximum atomic E-state index is 14.1. The van der Waals surface area contributed by atoms with Gasteiger partial charge in [-0.1, -0.05) is 41.1 Å². The Kier molecular flexibility index (Phi) is 8.90. The molecule has 2 aromatic carbocycles. The van der Waals surface area contributed by atoms with E-state index in [-0.39, 0.29) is 23.7 Å². The van der Waals surface area contributed by atoms with Gasteiger partial charge in [-0.2, -0.15) is 0 Å². The molecule has 0 bridgehead atoms. The van der Waals surface area contributed by atoms with E-state index in [4.69, 9.17) is 18.9 Å². The molecular weight excluding hydrogens is 596 g/mol. The first-order valence-electron chi connectivity index (χ1n) is 12.9. The number of allylic oxidation sites excluding steroid dienone is 1. The summed E-state index contributed by atoms with van der Waals surface area (Å²) in [6.45, 7) is 9.88. The zero-order chi connectivity index (χ0) is 29.3. The van der Waals surface area contributed by atoms with E-state index in [9.17, 15) is 9.59 Å². The van der Waals surface area contributed by atoms with Crippen LogP contribution < -0.4 is 29.1 Å². The van der Waals surface area contributed by atoms with Crippen LogP contribution in [0, 0.1) is 6.92 Å². The highest BCUT2D eigenvalue weighted by molar-refractivity contribution is 9.10. The minimum atomic E-state index is -0.796. The Bertz CT molecular complexity index is 1690. The van der Waals surface area contributed by atoms with E-state index >= 15 is 0 Å². The lowest BCUT2D eigenvalue weighted by molar-refractivity contribution is -0.139. The average molecular weight is 630 g/mol. The number of ether oxygens (including phenoxy) is 4. The zero-order valence-corrected chi connectivity index (χ0v) is 26.3. The molecule has 10 heteroatoms. The first-order chi connectivity index (χ1) is 19.1. The third kappa shape index (κ3) is 5.34. The van der Waals surface area contributed by atoms with Crippen LogP contribution in [0.5, 0.6) is 17.2 Å². The van der Waals surface area contributed by atoms with Crippen molar-refractivity contribution < 1.29 is 23.7 Å². The maximum absolute atomic E-state index is 14.1. The van der Waals surface area contributed by atoms with E-state index in [0.29, 0.717) is 36.6 Å². The number of halogens is 1. The van der Waals surface area contributed by atoms with E-state index in [1.807, 2.05) is 19.1 Å². The van der Waals surface area contributed by atoms with Crippen molar-refractivity contribution in [2.45, 2.75) is 46.6 Å². The summed E-state index contributed by atoms with van der Waals surface area (Å²) in [6.07, 6.45) is 1.88. The largest absolute Gasteiger partial charge is 0.496 e. The molecule has 212 valence electrons. The molecule has 40 heavy (non-hydrogen) atoms. The van der Waals surface area contributed by atoms with Crippen molar-refractivity contribution in [3.63, 3.8) is 0 Å². The SMILES string of the molecule is CCOC(=O)C1=C(C)N=c2s/c(=C/c3cc(C(C)C)c(OC)cc3C)c(=O)n2[C@@H]1c1cc(OC)c(OC)cc1Br. The summed E-state index contributed by atoms with van der Waals surface area (Å²) in [4.78, 5) is 32.5. The van der Waals surface area contributed by atoms with Gasteiger partial charge in [-0.15, -0.1) is 0 Å². The van der Waals surface area contributed by atoms with Gasteiger partial charge in [0.15, 0.2) is 16.3 Å². The van der Waals surface area contributed by atoms with E-state index < -0.39 is 12.0 Å². The van der Waals surface area contributed by atoms with Crippen molar-refractivity contribution in [2.24, 2.45) is 4.99 Å². The van der Waals surface area contributed by atoms with Crippen molar-refractivity contribution in [3.8, 4) is 17.2 Å². The molecule has 0 radical (unpaired) electrons. The Morgan fingerprint density at radius 2 is 1.73 bits per heavy atom. The fourth-order valence-corrected chi connectivity index (χ4v) is 6.38. The molecule has 8 nitrogen and oxygen atoms in total. The monoisotopic (exact) mass is 628 g/mol. The predicted molar refractivity (Wildman–Crippen MR) is 159 cm³/mol. The molecule has 0 N–H and O–H groups in total. The van der Waals surface area contributed by atoms with Crippen LogP contribution in [-0.2, 0) is 9.53 Å². The first-order valence-corrected chi connectivity index (χ1v) is 14.5. The molecule has 0 saturated heterocycles. The Labute approximate surface area is 245 Å². The van der Waals surface area contributed by atoms with Gasteiger partial charge >= 0.3 is 5.97 Å².